The number of aromatic nitrogens is 4. The van der Waals surface area contributed by atoms with E-state index in [1.807, 2.05) is 58.0 Å². The van der Waals surface area contributed by atoms with Gasteiger partial charge in [0.1, 0.15) is 11.4 Å². The lowest BCUT2D eigenvalue weighted by Gasteiger charge is -2.32. The minimum Gasteiger partial charge on any atom is -0.444 e. The summed E-state index contributed by atoms with van der Waals surface area (Å²) < 4.78 is 46.4. The number of carbonyl (C=O) groups is 1. The van der Waals surface area contributed by atoms with Gasteiger partial charge >= 0.3 is 12.3 Å². The third kappa shape index (κ3) is 7.33. The van der Waals surface area contributed by atoms with E-state index in [1.54, 1.807) is 23.2 Å². The van der Waals surface area contributed by atoms with Gasteiger partial charge in [-0.05, 0) is 64.3 Å². The van der Waals surface area contributed by atoms with Crippen molar-refractivity contribution in [3.05, 3.63) is 83.8 Å². The van der Waals surface area contributed by atoms with Crippen molar-refractivity contribution >= 4 is 12.0 Å². The number of piperidine rings is 1. The van der Waals surface area contributed by atoms with Gasteiger partial charge in [-0.1, -0.05) is 42.5 Å². The smallest absolute Gasteiger partial charge is 0.416 e. The molecule has 2 aromatic heterocycles. The summed E-state index contributed by atoms with van der Waals surface area (Å²) >= 11 is 0. The molecule has 11 heteroatoms. The molecule has 8 nitrogen and oxygen atoms in total. The molecule has 1 aliphatic rings. The number of imidazole rings is 1. The fraction of sp³-hybridized carbons (Fsp3) is 0.375. The fourth-order valence-corrected chi connectivity index (χ4v) is 5.07. The van der Waals surface area contributed by atoms with Gasteiger partial charge in [0.05, 0.1) is 28.7 Å². The summed E-state index contributed by atoms with van der Waals surface area (Å²) in [7, 11) is 0. The van der Waals surface area contributed by atoms with Crippen LogP contribution >= 0.6 is 0 Å². The molecule has 0 aliphatic carbocycles. The normalized spacial score (nSPS) is 15.3. The van der Waals surface area contributed by atoms with Gasteiger partial charge in [-0.25, -0.2) is 19.7 Å². The zero-order chi connectivity index (χ0) is 30.8. The lowest BCUT2D eigenvalue weighted by Crippen LogP contribution is -2.41. The Hall–Kier alpha value is -4.41. The number of halogens is 3. The topological polar surface area (TPSA) is 96.0 Å². The number of alkyl halides is 3. The van der Waals surface area contributed by atoms with Crippen LogP contribution in [0.3, 0.4) is 0 Å². The van der Waals surface area contributed by atoms with Crippen LogP contribution in [0.15, 0.2) is 66.9 Å². The number of carbonyl (C=O) groups excluding carboxylic acids is 1. The minimum absolute atomic E-state index is 0.0329. The van der Waals surface area contributed by atoms with E-state index in [1.165, 1.54) is 6.07 Å². The van der Waals surface area contributed by atoms with Gasteiger partial charge in [-0.2, -0.15) is 13.2 Å². The van der Waals surface area contributed by atoms with E-state index in [0.717, 1.165) is 17.7 Å². The first-order valence-corrected chi connectivity index (χ1v) is 14.3. The number of hydrogen-bond acceptors (Lipinski definition) is 6. The van der Waals surface area contributed by atoms with E-state index in [2.05, 4.69) is 15.3 Å². The Balaban J connectivity index is 1.46. The van der Waals surface area contributed by atoms with Gasteiger partial charge in [0.25, 0.3) is 0 Å². The van der Waals surface area contributed by atoms with Crippen LogP contribution in [0.25, 0.3) is 22.6 Å². The van der Waals surface area contributed by atoms with Crippen molar-refractivity contribution in [2.45, 2.75) is 64.3 Å². The molecule has 1 fully saturated rings. The molecule has 5 rings (SSSR count). The number of rotatable bonds is 6. The summed E-state index contributed by atoms with van der Waals surface area (Å²) in [6.45, 7) is 8.44. The van der Waals surface area contributed by atoms with Crippen molar-refractivity contribution < 1.29 is 22.7 Å². The molecule has 3 heterocycles. The van der Waals surface area contributed by atoms with E-state index in [4.69, 9.17) is 14.7 Å². The molecule has 226 valence electrons. The predicted molar refractivity (Wildman–Crippen MR) is 158 cm³/mol. The highest BCUT2D eigenvalue weighted by Crippen LogP contribution is 2.37. The highest BCUT2D eigenvalue weighted by molar-refractivity contribution is 5.77. The van der Waals surface area contributed by atoms with Gasteiger partial charge in [0, 0.05) is 30.8 Å². The average Bonchev–Trinajstić information content (AvgIpc) is 3.42. The van der Waals surface area contributed by atoms with Crippen LogP contribution in [0, 0.1) is 0 Å². The molecular weight excluding hydrogens is 557 g/mol. The van der Waals surface area contributed by atoms with E-state index in [-0.39, 0.29) is 18.1 Å². The van der Waals surface area contributed by atoms with Gasteiger partial charge < -0.3 is 19.9 Å². The van der Waals surface area contributed by atoms with E-state index >= 15 is 0 Å². The Labute approximate surface area is 248 Å². The number of anilines is 1. The third-order valence-corrected chi connectivity index (χ3v) is 7.28. The first-order chi connectivity index (χ1) is 20.4. The molecule has 0 saturated carbocycles. The van der Waals surface area contributed by atoms with Crippen molar-refractivity contribution in [2.24, 2.45) is 0 Å². The molecule has 1 atom stereocenters. The molecular formula is C32H35F3N6O2. The predicted octanol–water partition coefficient (Wildman–Crippen LogP) is 7.84. The maximum atomic E-state index is 13.6. The second-order valence-electron chi connectivity index (χ2n) is 11.7. The van der Waals surface area contributed by atoms with Gasteiger partial charge in [0.15, 0.2) is 0 Å². The molecule has 43 heavy (non-hydrogen) atoms. The van der Waals surface area contributed by atoms with Crippen LogP contribution in [0.1, 0.15) is 69.4 Å². The summed E-state index contributed by atoms with van der Waals surface area (Å²) in [5, 5.41) is 3.30. The zero-order valence-corrected chi connectivity index (χ0v) is 24.6. The number of likely N-dealkylation sites (tertiary alicyclic amines) is 1. The van der Waals surface area contributed by atoms with Crippen LogP contribution < -0.4 is 5.32 Å². The second kappa shape index (κ2) is 12.1. The molecule has 4 aromatic rings. The third-order valence-electron chi connectivity index (χ3n) is 7.28. The number of nitrogens with one attached hydrogen (secondary N) is 2. The maximum absolute atomic E-state index is 13.6. The Morgan fingerprint density at radius 3 is 2.42 bits per heavy atom. The summed E-state index contributed by atoms with van der Waals surface area (Å²) in [5.74, 6) is 0.984. The quantitative estimate of drug-likeness (QED) is 0.237. The van der Waals surface area contributed by atoms with Gasteiger partial charge in [-0.15, -0.1) is 0 Å². The van der Waals surface area contributed by atoms with Crippen LogP contribution in [0.2, 0.25) is 0 Å². The minimum atomic E-state index is -4.50. The monoisotopic (exact) mass is 592 g/mol. The maximum Gasteiger partial charge on any atom is 0.416 e. The Kier molecular flexibility index (Phi) is 8.43. The van der Waals surface area contributed by atoms with Crippen molar-refractivity contribution in [3.63, 3.8) is 0 Å². The van der Waals surface area contributed by atoms with Gasteiger partial charge in [0.2, 0.25) is 5.95 Å². The Bertz CT molecular complexity index is 1560. The molecule has 1 aliphatic heterocycles. The standard InChI is InChI=1S/C32H35F3N6O2/c1-20(21-9-6-5-7-10-21)37-29-36-16-13-25(38-29)27-26(23-11-8-12-24(19-23)32(33,34)35)39-28(40-27)22-14-17-41(18-15-22)30(42)43-31(2,3)4/h5-13,16,19-20,22H,14-15,17-18H2,1-4H3,(H,39,40)(H,36,37,38)/t20-/m1/s1. The molecule has 0 radical (unpaired) electrons. The number of H-pyrrole nitrogens is 1. The summed E-state index contributed by atoms with van der Waals surface area (Å²) in [6.07, 6.45) is -2.00. The molecule has 2 aromatic carbocycles. The highest BCUT2D eigenvalue weighted by atomic mass is 19.4. The summed E-state index contributed by atoms with van der Waals surface area (Å²) in [6, 6.07) is 16.6. The number of ether oxygens (including phenoxy) is 1. The molecule has 0 unspecified atom stereocenters. The van der Waals surface area contributed by atoms with Crippen molar-refractivity contribution in [2.75, 3.05) is 18.4 Å². The van der Waals surface area contributed by atoms with E-state index in [0.29, 0.717) is 60.3 Å². The molecule has 0 spiro atoms. The first-order valence-electron chi connectivity index (χ1n) is 14.3. The average molecular weight is 593 g/mol. The van der Waals surface area contributed by atoms with Crippen molar-refractivity contribution in [1.29, 1.82) is 0 Å². The summed E-state index contributed by atoms with van der Waals surface area (Å²) in [5.41, 5.74) is 1.40. The molecule has 2 N–H and O–H groups in total. The van der Waals surface area contributed by atoms with Crippen molar-refractivity contribution in [3.8, 4) is 22.6 Å². The number of aromatic amines is 1. The van der Waals surface area contributed by atoms with Crippen LogP contribution in [-0.4, -0.2) is 49.6 Å². The Morgan fingerprint density at radius 2 is 1.74 bits per heavy atom. The lowest BCUT2D eigenvalue weighted by atomic mass is 9.96. The zero-order valence-electron chi connectivity index (χ0n) is 24.6. The Morgan fingerprint density at radius 1 is 1.02 bits per heavy atom. The van der Waals surface area contributed by atoms with E-state index < -0.39 is 17.3 Å². The highest BCUT2D eigenvalue weighted by Gasteiger charge is 2.32. The van der Waals surface area contributed by atoms with Crippen LogP contribution in [0.4, 0.5) is 23.9 Å². The number of amides is 1. The van der Waals surface area contributed by atoms with Gasteiger partial charge in [-0.3, -0.25) is 0 Å². The number of nitrogens with zero attached hydrogens (tertiary/aromatic N) is 4. The molecule has 1 amide bonds. The van der Waals surface area contributed by atoms with Crippen LogP contribution in [-0.2, 0) is 10.9 Å². The van der Waals surface area contributed by atoms with Crippen LogP contribution in [0.5, 0.6) is 0 Å². The SMILES string of the molecule is C[C@@H](Nc1nccc(-c2[nH]c(C3CCN(C(=O)OC(C)(C)C)CC3)nc2-c2cccc(C(F)(F)F)c2)n1)c1ccccc1. The second-order valence-corrected chi connectivity index (χ2v) is 11.7. The molecule has 0 bridgehead atoms. The van der Waals surface area contributed by atoms with E-state index in [9.17, 15) is 18.0 Å². The first kappa shape index (κ1) is 30.1. The largest absolute Gasteiger partial charge is 0.444 e. The van der Waals surface area contributed by atoms with Crippen molar-refractivity contribution in [1.82, 2.24) is 24.8 Å². The molecule has 1 saturated heterocycles. The summed E-state index contributed by atoms with van der Waals surface area (Å²) in [4.78, 5) is 31.5. The number of benzene rings is 2. The number of hydrogen-bond donors (Lipinski definition) is 2. The fourth-order valence-electron chi connectivity index (χ4n) is 5.07. The lowest BCUT2D eigenvalue weighted by molar-refractivity contribution is -0.137.